The van der Waals surface area contributed by atoms with Crippen LogP contribution in [0.5, 0.6) is 0 Å². The normalized spacial score (nSPS) is 17.5. The summed E-state index contributed by atoms with van der Waals surface area (Å²) in [6.07, 6.45) is -0.707. The van der Waals surface area contributed by atoms with E-state index in [0.29, 0.717) is 0 Å². The number of benzene rings is 1. The molecular weight excluding hydrogens is 267 g/mol. The highest BCUT2D eigenvalue weighted by Crippen LogP contribution is 2.40. The van der Waals surface area contributed by atoms with E-state index in [0.717, 1.165) is 12.3 Å². The third kappa shape index (κ3) is 2.61. The molecule has 0 aromatic heterocycles. The van der Waals surface area contributed by atoms with E-state index in [1.54, 1.807) is 0 Å². The number of aliphatic hydroxyl groups is 1. The van der Waals surface area contributed by atoms with Crippen molar-refractivity contribution in [1.29, 1.82) is 0 Å². The van der Waals surface area contributed by atoms with E-state index < -0.39 is 26.0 Å². The second-order valence-corrected chi connectivity index (χ2v) is 7.01. The molecule has 0 saturated carbocycles. The minimum absolute atomic E-state index is 0.0249. The van der Waals surface area contributed by atoms with E-state index in [1.807, 2.05) is 0 Å². The smallest absolute Gasteiger partial charge is 0.175 e. The van der Waals surface area contributed by atoms with Gasteiger partial charge in [0.25, 0.3) is 0 Å². The van der Waals surface area contributed by atoms with Gasteiger partial charge in [0.1, 0.15) is 11.9 Å². The summed E-state index contributed by atoms with van der Waals surface area (Å²) in [6.45, 7) is 1.53. The number of halogens is 2. The van der Waals surface area contributed by atoms with E-state index in [4.69, 9.17) is 11.6 Å². The fourth-order valence-corrected chi connectivity index (χ4v) is 2.76. The lowest BCUT2D eigenvalue weighted by atomic mass is 10.0. The predicted molar refractivity (Wildman–Crippen MR) is 65.1 cm³/mol. The Labute approximate surface area is 105 Å². The lowest BCUT2D eigenvalue weighted by Crippen LogP contribution is -2.38. The van der Waals surface area contributed by atoms with Gasteiger partial charge in [-0.2, -0.15) is 0 Å². The lowest BCUT2D eigenvalue weighted by molar-refractivity contribution is 0.150. The van der Waals surface area contributed by atoms with E-state index in [-0.39, 0.29) is 12.0 Å². The molecule has 0 aliphatic heterocycles. The molecule has 1 aromatic rings. The summed E-state index contributed by atoms with van der Waals surface area (Å²) < 4.78 is 34.8. The van der Waals surface area contributed by atoms with Crippen LogP contribution in [0.1, 0.15) is 25.0 Å². The van der Waals surface area contributed by atoms with Gasteiger partial charge in [-0.1, -0.05) is 36.7 Å². The van der Waals surface area contributed by atoms with Crippen LogP contribution in [0.3, 0.4) is 0 Å². The molecule has 0 bridgehead atoms. The van der Waals surface area contributed by atoms with Crippen molar-refractivity contribution in [1.82, 2.24) is 0 Å². The Balaban J connectivity index is 3.29. The minimum Gasteiger partial charge on any atom is -0.385 e. The van der Waals surface area contributed by atoms with E-state index in [9.17, 15) is 17.9 Å². The molecule has 3 nitrogen and oxygen atoms in total. The molecule has 0 spiro atoms. The molecule has 0 amide bonds. The number of alkyl halides is 1. The molecule has 1 aromatic carbocycles. The molecule has 0 fully saturated rings. The highest BCUT2D eigenvalue weighted by Gasteiger charge is 2.45. The van der Waals surface area contributed by atoms with Gasteiger partial charge in [-0.15, -0.1) is 0 Å². The van der Waals surface area contributed by atoms with Gasteiger partial charge in [-0.05, 0) is 12.5 Å². The largest absolute Gasteiger partial charge is 0.385 e. The number of sulfone groups is 1. The Morgan fingerprint density at radius 1 is 1.47 bits per heavy atom. The lowest BCUT2D eigenvalue weighted by Gasteiger charge is -2.29. The van der Waals surface area contributed by atoms with Gasteiger partial charge < -0.3 is 5.11 Å². The minimum atomic E-state index is -3.73. The average molecular weight is 281 g/mol. The van der Waals surface area contributed by atoms with Crippen LogP contribution in [0.2, 0.25) is 0 Å². The summed E-state index contributed by atoms with van der Waals surface area (Å²) in [4.78, 5) is 0. The molecule has 17 heavy (non-hydrogen) atoms. The van der Waals surface area contributed by atoms with Crippen molar-refractivity contribution in [3.05, 3.63) is 35.6 Å². The summed E-state index contributed by atoms with van der Waals surface area (Å²) >= 11 is 5.95. The van der Waals surface area contributed by atoms with Gasteiger partial charge in [0.05, 0.1) is 0 Å². The van der Waals surface area contributed by atoms with Crippen molar-refractivity contribution >= 4 is 21.4 Å². The van der Waals surface area contributed by atoms with Crippen LogP contribution < -0.4 is 0 Å². The van der Waals surface area contributed by atoms with Gasteiger partial charge in [0, 0.05) is 11.8 Å². The molecule has 0 aliphatic carbocycles. The van der Waals surface area contributed by atoms with Crippen molar-refractivity contribution in [3.8, 4) is 0 Å². The van der Waals surface area contributed by atoms with Crippen molar-refractivity contribution in [2.45, 2.75) is 23.7 Å². The molecule has 1 rings (SSSR count). The molecule has 0 aliphatic rings. The molecule has 0 radical (unpaired) electrons. The second kappa shape index (κ2) is 4.92. The number of hydrogen-bond acceptors (Lipinski definition) is 3. The Kier molecular flexibility index (Phi) is 4.17. The quantitative estimate of drug-likeness (QED) is 0.861. The maximum absolute atomic E-state index is 13.5. The van der Waals surface area contributed by atoms with Gasteiger partial charge in [0.15, 0.2) is 14.0 Å². The van der Waals surface area contributed by atoms with Crippen LogP contribution in [0.15, 0.2) is 24.3 Å². The molecular formula is C11H14ClFO3S. The summed E-state index contributed by atoms with van der Waals surface area (Å²) in [5, 5.41) is 10.0. The number of aliphatic hydroxyl groups excluding tert-OH is 1. The van der Waals surface area contributed by atoms with Crippen molar-refractivity contribution < 1.29 is 17.9 Å². The van der Waals surface area contributed by atoms with Crippen LogP contribution in [-0.4, -0.2) is 24.0 Å². The van der Waals surface area contributed by atoms with E-state index >= 15 is 0 Å². The molecule has 96 valence electrons. The standard InChI is InChI=1S/C11H14ClFO3S/c1-3-11(12,17(2,15)16)10(14)8-6-4-5-7-9(8)13/h4-7,10,14H,3H2,1-2H3. The Morgan fingerprint density at radius 2 is 2.00 bits per heavy atom. The van der Waals surface area contributed by atoms with Crippen molar-refractivity contribution in [3.63, 3.8) is 0 Å². The monoisotopic (exact) mass is 280 g/mol. The molecule has 1 N–H and O–H groups in total. The summed E-state index contributed by atoms with van der Waals surface area (Å²) in [7, 11) is -3.73. The SMILES string of the molecule is CCC(Cl)(C(O)c1ccccc1F)S(C)(=O)=O. The first kappa shape index (κ1) is 14.4. The number of rotatable bonds is 4. The Bertz CT molecular complexity index is 503. The molecule has 0 saturated heterocycles. The molecule has 2 atom stereocenters. The van der Waals surface area contributed by atoms with Crippen LogP contribution in [0.25, 0.3) is 0 Å². The van der Waals surface area contributed by atoms with Crippen LogP contribution >= 0.6 is 11.6 Å². The van der Waals surface area contributed by atoms with Crippen LogP contribution in [0.4, 0.5) is 4.39 Å². The van der Waals surface area contributed by atoms with Gasteiger partial charge in [-0.25, -0.2) is 12.8 Å². The third-order valence-electron chi connectivity index (χ3n) is 2.71. The summed E-state index contributed by atoms with van der Waals surface area (Å²) in [6, 6.07) is 5.43. The predicted octanol–water partition coefficient (Wildman–Crippen LogP) is 2.25. The number of hydrogen-bond donors (Lipinski definition) is 1. The fourth-order valence-electron chi connectivity index (χ4n) is 1.59. The summed E-state index contributed by atoms with van der Waals surface area (Å²) in [5.41, 5.74) is -0.116. The maximum Gasteiger partial charge on any atom is 0.175 e. The topological polar surface area (TPSA) is 54.4 Å². The first-order valence-corrected chi connectivity index (χ1v) is 7.32. The highest BCUT2D eigenvalue weighted by atomic mass is 35.5. The van der Waals surface area contributed by atoms with Gasteiger partial charge in [-0.3, -0.25) is 0 Å². The molecule has 0 heterocycles. The molecule has 6 heteroatoms. The fraction of sp³-hybridized carbons (Fsp3) is 0.455. The first-order valence-electron chi connectivity index (χ1n) is 5.05. The van der Waals surface area contributed by atoms with Crippen LogP contribution in [0, 0.1) is 5.82 Å². The second-order valence-electron chi connectivity index (χ2n) is 3.84. The zero-order chi connectivity index (χ0) is 13.3. The molecule has 2 unspecified atom stereocenters. The highest BCUT2D eigenvalue weighted by molar-refractivity contribution is 7.93. The Hall–Kier alpha value is -0.650. The first-order chi connectivity index (χ1) is 7.74. The Morgan fingerprint density at radius 3 is 2.41 bits per heavy atom. The van der Waals surface area contributed by atoms with Crippen molar-refractivity contribution in [2.75, 3.05) is 6.26 Å². The zero-order valence-electron chi connectivity index (χ0n) is 9.52. The maximum atomic E-state index is 13.5. The van der Waals surface area contributed by atoms with Gasteiger partial charge >= 0.3 is 0 Å². The summed E-state index contributed by atoms with van der Waals surface area (Å²) in [5.74, 6) is -0.679. The third-order valence-corrected chi connectivity index (χ3v) is 5.77. The van der Waals surface area contributed by atoms with E-state index in [1.165, 1.54) is 25.1 Å². The zero-order valence-corrected chi connectivity index (χ0v) is 11.1. The van der Waals surface area contributed by atoms with E-state index in [2.05, 4.69) is 0 Å². The van der Waals surface area contributed by atoms with Crippen molar-refractivity contribution in [2.24, 2.45) is 0 Å². The van der Waals surface area contributed by atoms with Gasteiger partial charge in [0.2, 0.25) is 0 Å². The average Bonchev–Trinajstić information content (AvgIpc) is 2.26. The van der Waals surface area contributed by atoms with Crippen LogP contribution in [-0.2, 0) is 9.84 Å².